The van der Waals surface area contributed by atoms with Crippen LogP contribution in [0.3, 0.4) is 0 Å². The fourth-order valence-corrected chi connectivity index (χ4v) is 3.40. The number of hydrogen-bond donors (Lipinski definition) is 2. The number of benzene rings is 2. The minimum absolute atomic E-state index is 0.353. The van der Waals surface area contributed by atoms with E-state index in [-0.39, 0.29) is 0 Å². The Labute approximate surface area is 130 Å². The van der Waals surface area contributed by atoms with Crippen molar-refractivity contribution in [1.29, 1.82) is 0 Å². The van der Waals surface area contributed by atoms with Gasteiger partial charge in [-0.1, -0.05) is 30.2 Å². The van der Waals surface area contributed by atoms with Gasteiger partial charge >= 0.3 is 0 Å². The standard InChI is InChI=1S/C20H20N2/c1-12-4-6-19-15(8-12)17(10-21-19)14(3)18-11-22-20-7-5-13(2)9-16(18)20/h4-11,14,21-22H,1-3H3. The van der Waals surface area contributed by atoms with Gasteiger partial charge in [0.2, 0.25) is 0 Å². The van der Waals surface area contributed by atoms with Crippen LogP contribution < -0.4 is 0 Å². The van der Waals surface area contributed by atoms with Crippen molar-refractivity contribution in [3.05, 3.63) is 71.0 Å². The Hall–Kier alpha value is -2.48. The van der Waals surface area contributed by atoms with Crippen molar-refractivity contribution in [1.82, 2.24) is 9.97 Å². The molecule has 2 nitrogen and oxygen atoms in total. The largest absolute Gasteiger partial charge is 0.361 e. The normalized spacial score (nSPS) is 11.8. The molecule has 110 valence electrons. The molecule has 0 bridgehead atoms. The molecule has 2 aromatic heterocycles. The lowest BCUT2D eigenvalue weighted by Crippen LogP contribution is -1.94. The quantitative estimate of drug-likeness (QED) is 0.494. The van der Waals surface area contributed by atoms with Crippen molar-refractivity contribution in [3.63, 3.8) is 0 Å². The summed E-state index contributed by atoms with van der Waals surface area (Å²) in [6.45, 7) is 6.59. The van der Waals surface area contributed by atoms with Crippen molar-refractivity contribution in [2.75, 3.05) is 0 Å². The molecule has 2 heterocycles. The maximum Gasteiger partial charge on any atom is 0.0457 e. The first kappa shape index (κ1) is 13.2. The van der Waals surface area contributed by atoms with Gasteiger partial charge in [-0.25, -0.2) is 0 Å². The van der Waals surface area contributed by atoms with E-state index in [1.165, 1.54) is 44.1 Å². The highest BCUT2D eigenvalue weighted by atomic mass is 14.7. The molecule has 0 aliphatic rings. The van der Waals surface area contributed by atoms with E-state index in [9.17, 15) is 0 Å². The second kappa shape index (κ2) is 4.77. The van der Waals surface area contributed by atoms with Gasteiger partial charge in [-0.2, -0.15) is 0 Å². The van der Waals surface area contributed by atoms with E-state index < -0.39 is 0 Å². The van der Waals surface area contributed by atoms with E-state index in [0.717, 1.165) is 0 Å². The van der Waals surface area contributed by atoms with Crippen LogP contribution in [0.2, 0.25) is 0 Å². The summed E-state index contributed by atoms with van der Waals surface area (Å²) in [5.74, 6) is 0.353. The van der Waals surface area contributed by atoms with Gasteiger partial charge in [-0.15, -0.1) is 0 Å². The molecule has 0 unspecified atom stereocenters. The summed E-state index contributed by atoms with van der Waals surface area (Å²) in [4.78, 5) is 6.81. The van der Waals surface area contributed by atoms with E-state index in [0.29, 0.717) is 5.92 Å². The number of nitrogens with one attached hydrogen (secondary N) is 2. The Morgan fingerprint density at radius 1 is 0.727 bits per heavy atom. The van der Waals surface area contributed by atoms with Crippen molar-refractivity contribution in [2.45, 2.75) is 26.7 Å². The van der Waals surface area contributed by atoms with Crippen LogP contribution in [0.4, 0.5) is 0 Å². The Bertz CT molecular complexity index is 892. The molecule has 0 atom stereocenters. The molecular formula is C20H20N2. The average Bonchev–Trinajstić information content (AvgIpc) is 3.09. The summed E-state index contributed by atoms with van der Waals surface area (Å²) in [5.41, 5.74) is 7.75. The predicted octanol–water partition coefficient (Wildman–Crippen LogP) is 5.42. The molecule has 4 aromatic rings. The van der Waals surface area contributed by atoms with Crippen LogP contribution in [0.5, 0.6) is 0 Å². The van der Waals surface area contributed by atoms with Gasteiger partial charge in [0.1, 0.15) is 0 Å². The Morgan fingerprint density at radius 2 is 1.18 bits per heavy atom. The first-order valence-corrected chi connectivity index (χ1v) is 7.79. The van der Waals surface area contributed by atoms with Crippen LogP contribution in [0.15, 0.2) is 48.8 Å². The van der Waals surface area contributed by atoms with Gasteiger partial charge in [0.25, 0.3) is 0 Å². The van der Waals surface area contributed by atoms with E-state index in [1.807, 2.05) is 0 Å². The van der Waals surface area contributed by atoms with Crippen LogP contribution in [0.1, 0.15) is 35.1 Å². The zero-order valence-corrected chi connectivity index (χ0v) is 13.2. The number of aromatic nitrogens is 2. The van der Waals surface area contributed by atoms with Crippen molar-refractivity contribution < 1.29 is 0 Å². The number of aromatic amines is 2. The van der Waals surface area contributed by atoms with Crippen molar-refractivity contribution >= 4 is 21.8 Å². The highest BCUT2D eigenvalue weighted by Gasteiger charge is 2.17. The van der Waals surface area contributed by atoms with Crippen LogP contribution in [0, 0.1) is 13.8 Å². The van der Waals surface area contributed by atoms with Crippen LogP contribution in [-0.4, -0.2) is 9.97 Å². The van der Waals surface area contributed by atoms with E-state index >= 15 is 0 Å². The summed E-state index contributed by atoms with van der Waals surface area (Å²) in [5, 5.41) is 2.66. The first-order chi connectivity index (χ1) is 10.6. The fraction of sp³-hybridized carbons (Fsp3) is 0.200. The fourth-order valence-electron chi connectivity index (χ4n) is 3.40. The molecule has 22 heavy (non-hydrogen) atoms. The average molecular weight is 288 g/mol. The summed E-state index contributed by atoms with van der Waals surface area (Å²) in [6, 6.07) is 13.2. The lowest BCUT2D eigenvalue weighted by molar-refractivity contribution is 0.942. The third kappa shape index (κ3) is 1.95. The highest BCUT2D eigenvalue weighted by molar-refractivity contribution is 5.88. The SMILES string of the molecule is Cc1ccc2[nH]cc(C(C)c3c[nH]c4ccc(C)cc34)c2c1. The maximum atomic E-state index is 3.41. The van der Waals surface area contributed by atoms with E-state index in [4.69, 9.17) is 0 Å². The third-order valence-electron chi connectivity index (χ3n) is 4.67. The number of rotatable bonds is 2. The first-order valence-electron chi connectivity index (χ1n) is 7.79. The topological polar surface area (TPSA) is 31.6 Å². The summed E-state index contributed by atoms with van der Waals surface area (Å²) in [6.07, 6.45) is 4.31. The minimum Gasteiger partial charge on any atom is -0.361 e. The zero-order chi connectivity index (χ0) is 15.3. The van der Waals surface area contributed by atoms with Crippen LogP contribution in [-0.2, 0) is 0 Å². The zero-order valence-electron chi connectivity index (χ0n) is 13.2. The monoisotopic (exact) mass is 288 g/mol. The van der Waals surface area contributed by atoms with Crippen LogP contribution in [0.25, 0.3) is 21.8 Å². The van der Waals surface area contributed by atoms with E-state index in [1.54, 1.807) is 0 Å². The molecular weight excluding hydrogens is 268 g/mol. The molecule has 4 rings (SSSR count). The molecule has 0 saturated heterocycles. The number of fused-ring (bicyclic) bond motifs is 2. The number of H-pyrrole nitrogens is 2. The number of hydrogen-bond acceptors (Lipinski definition) is 0. The van der Waals surface area contributed by atoms with Gasteiger partial charge < -0.3 is 9.97 Å². The lowest BCUT2D eigenvalue weighted by Gasteiger charge is -2.10. The molecule has 0 aliphatic carbocycles. The van der Waals surface area contributed by atoms with Crippen molar-refractivity contribution in [3.8, 4) is 0 Å². The molecule has 2 heteroatoms. The molecule has 2 N–H and O–H groups in total. The van der Waals surface area contributed by atoms with Crippen LogP contribution >= 0.6 is 0 Å². The van der Waals surface area contributed by atoms with Gasteiger partial charge in [0, 0.05) is 40.1 Å². The molecule has 0 aliphatic heterocycles. The Balaban J connectivity index is 1.90. The Morgan fingerprint density at radius 3 is 1.64 bits per heavy atom. The van der Waals surface area contributed by atoms with Gasteiger partial charge in [-0.05, 0) is 49.2 Å². The predicted molar refractivity (Wildman–Crippen MR) is 93.6 cm³/mol. The van der Waals surface area contributed by atoms with Crippen molar-refractivity contribution in [2.24, 2.45) is 0 Å². The summed E-state index contributed by atoms with van der Waals surface area (Å²) < 4.78 is 0. The molecule has 0 spiro atoms. The summed E-state index contributed by atoms with van der Waals surface area (Å²) in [7, 11) is 0. The van der Waals surface area contributed by atoms with Gasteiger partial charge in [0.15, 0.2) is 0 Å². The smallest absolute Gasteiger partial charge is 0.0457 e. The maximum absolute atomic E-state index is 3.41. The molecule has 0 amide bonds. The highest BCUT2D eigenvalue weighted by Crippen LogP contribution is 2.34. The van der Waals surface area contributed by atoms with E-state index in [2.05, 4.69) is 79.5 Å². The second-order valence-electron chi connectivity index (χ2n) is 6.31. The van der Waals surface area contributed by atoms with Gasteiger partial charge in [0.05, 0.1) is 0 Å². The molecule has 0 fully saturated rings. The molecule has 0 radical (unpaired) electrons. The number of aryl methyl sites for hydroxylation is 2. The van der Waals surface area contributed by atoms with Gasteiger partial charge in [-0.3, -0.25) is 0 Å². The Kier molecular flexibility index (Phi) is 2.86. The lowest BCUT2D eigenvalue weighted by atomic mass is 9.92. The summed E-state index contributed by atoms with van der Waals surface area (Å²) >= 11 is 0. The molecule has 0 saturated carbocycles. The third-order valence-corrected chi connectivity index (χ3v) is 4.67. The minimum atomic E-state index is 0.353. The second-order valence-corrected chi connectivity index (χ2v) is 6.31. The molecule has 2 aromatic carbocycles.